The van der Waals surface area contributed by atoms with Crippen LogP contribution >= 0.6 is 11.3 Å². The number of nitrogens with zero attached hydrogens (tertiary/aromatic N) is 1. The van der Waals surface area contributed by atoms with Crippen molar-refractivity contribution in [3.8, 4) is 5.75 Å². The van der Waals surface area contributed by atoms with Crippen molar-refractivity contribution in [2.75, 3.05) is 13.7 Å². The SMILES string of the molecule is COc1ccc(/C(N)=N/O)cc1CNCCc1cccs1. The van der Waals surface area contributed by atoms with E-state index in [2.05, 4.69) is 28.0 Å². The lowest BCUT2D eigenvalue weighted by Crippen LogP contribution is -2.18. The first-order valence-corrected chi connectivity index (χ1v) is 7.50. The van der Waals surface area contributed by atoms with Crippen molar-refractivity contribution in [1.82, 2.24) is 5.32 Å². The van der Waals surface area contributed by atoms with Crippen molar-refractivity contribution >= 4 is 17.2 Å². The number of ether oxygens (including phenoxy) is 1. The summed E-state index contributed by atoms with van der Waals surface area (Å²) in [4.78, 5) is 1.36. The Labute approximate surface area is 128 Å². The molecule has 0 radical (unpaired) electrons. The minimum Gasteiger partial charge on any atom is -0.496 e. The van der Waals surface area contributed by atoms with Crippen LogP contribution in [0.15, 0.2) is 40.9 Å². The van der Waals surface area contributed by atoms with Crippen LogP contribution < -0.4 is 15.8 Å². The lowest BCUT2D eigenvalue weighted by Gasteiger charge is -2.11. The predicted molar refractivity (Wildman–Crippen MR) is 85.2 cm³/mol. The molecule has 0 atom stereocenters. The van der Waals surface area contributed by atoms with Gasteiger partial charge in [-0.3, -0.25) is 0 Å². The molecule has 6 heteroatoms. The van der Waals surface area contributed by atoms with Crippen molar-refractivity contribution in [3.63, 3.8) is 0 Å². The van der Waals surface area contributed by atoms with Gasteiger partial charge in [0.2, 0.25) is 0 Å². The van der Waals surface area contributed by atoms with E-state index in [0.717, 1.165) is 24.3 Å². The van der Waals surface area contributed by atoms with Gasteiger partial charge in [-0.15, -0.1) is 11.3 Å². The fraction of sp³-hybridized carbons (Fsp3) is 0.267. The van der Waals surface area contributed by atoms with E-state index in [1.165, 1.54) is 4.88 Å². The molecule has 0 fully saturated rings. The number of hydrogen-bond acceptors (Lipinski definition) is 5. The second-order valence-corrected chi connectivity index (χ2v) is 5.55. The van der Waals surface area contributed by atoms with E-state index in [1.54, 1.807) is 24.5 Å². The average Bonchev–Trinajstić information content (AvgIpc) is 3.04. The monoisotopic (exact) mass is 305 g/mol. The number of nitrogens with one attached hydrogen (secondary N) is 1. The number of methoxy groups -OCH3 is 1. The van der Waals surface area contributed by atoms with Gasteiger partial charge in [-0.2, -0.15) is 0 Å². The maximum Gasteiger partial charge on any atom is 0.170 e. The summed E-state index contributed by atoms with van der Waals surface area (Å²) < 4.78 is 5.34. The largest absolute Gasteiger partial charge is 0.496 e. The quantitative estimate of drug-likeness (QED) is 0.241. The Kier molecular flexibility index (Phi) is 5.59. The molecule has 0 aliphatic carbocycles. The molecule has 5 nitrogen and oxygen atoms in total. The van der Waals surface area contributed by atoms with E-state index in [4.69, 9.17) is 15.7 Å². The smallest absolute Gasteiger partial charge is 0.170 e. The summed E-state index contributed by atoms with van der Waals surface area (Å²) in [5.41, 5.74) is 7.27. The Balaban J connectivity index is 1.97. The molecular weight excluding hydrogens is 286 g/mol. The second kappa shape index (κ2) is 7.66. The second-order valence-electron chi connectivity index (χ2n) is 4.52. The fourth-order valence-electron chi connectivity index (χ4n) is 2.02. The molecule has 0 saturated heterocycles. The number of oxime groups is 1. The third-order valence-electron chi connectivity index (χ3n) is 3.13. The Hall–Kier alpha value is -2.05. The van der Waals surface area contributed by atoms with Crippen LogP contribution in [0.1, 0.15) is 16.0 Å². The number of rotatable bonds is 7. The number of amidine groups is 1. The van der Waals surface area contributed by atoms with Crippen molar-refractivity contribution in [2.45, 2.75) is 13.0 Å². The van der Waals surface area contributed by atoms with Gasteiger partial charge in [0.25, 0.3) is 0 Å². The molecule has 0 aliphatic rings. The molecule has 2 aromatic rings. The van der Waals surface area contributed by atoms with Gasteiger partial charge in [0.15, 0.2) is 5.84 Å². The maximum atomic E-state index is 8.74. The minimum atomic E-state index is 0.0949. The van der Waals surface area contributed by atoms with Gasteiger partial charge in [0.05, 0.1) is 7.11 Å². The first kappa shape index (κ1) is 15.3. The van der Waals surface area contributed by atoms with E-state index >= 15 is 0 Å². The molecule has 1 aromatic carbocycles. The highest BCUT2D eigenvalue weighted by Gasteiger charge is 2.07. The highest BCUT2D eigenvalue weighted by molar-refractivity contribution is 7.09. The molecule has 21 heavy (non-hydrogen) atoms. The highest BCUT2D eigenvalue weighted by Crippen LogP contribution is 2.19. The number of hydrogen-bond donors (Lipinski definition) is 3. The summed E-state index contributed by atoms with van der Waals surface area (Å²) in [6.07, 6.45) is 1.000. The van der Waals surface area contributed by atoms with Gasteiger partial charge in [-0.1, -0.05) is 11.2 Å². The van der Waals surface area contributed by atoms with Gasteiger partial charge < -0.3 is 21.0 Å². The third kappa shape index (κ3) is 4.21. The standard InChI is InChI=1S/C15H19N3O2S/c1-20-14-5-4-11(15(16)18-19)9-12(14)10-17-7-6-13-3-2-8-21-13/h2-5,8-9,17,19H,6-7,10H2,1H3,(H2,16,18). The molecule has 4 N–H and O–H groups in total. The average molecular weight is 305 g/mol. The molecule has 1 aromatic heterocycles. The third-order valence-corrected chi connectivity index (χ3v) is 4.06. The number of benzene rings is 1. The summed E-state index contributed by atoms with van der Waals surface area (Å²) in [5, 5.41) is 17.2. The molecule has 0 aliphatic heterocycles. The van der Waals surface area contributed by atoms with E-state index in [1.807, 2.05) is 12.1 Å². The summed E-state index contributed by atoms with van der Waals surface area (Å²) in [7, 11) is 1.63. The molecule has 112 valence electrons. The Bertz CT molecular complexity index is 597. The number of nitrogens with two attached hydrogens (primary N) is 1. The van der Waals surface area contributed by atoms with Crippen molar-refractivity contribution in [3.05, 3.63) is 51.7 Å². The van der Waals surface area contributed by atoms with Crippen molar-refractivity contribution < 1.29 is 9.94 Å². The first-order valence-electron chi connectivity index (χ1n) is 6.62. The summed E-state index contributed by atoms with van der Waals surface area (Å²) in [5.74, 6) is 0.880. The predicted octanol–water partition coefficient (Wildman–Crippen LogP) is 2.18. The van der Waals surface area contributed by atoms with Crippen molar-refractivity contribution in [1.29, 1.82) is 0 Å². The molecule has 0 amide bonds. The molecule has 0 spiro atoms. The zero-order chi connectivity index (χ0) is 15.1. The van der Waals surface area contributed by atoms with E-state index < -0.39 is 0 Å². The Morgan fingerprint density at radius 3 is 2.95 bits per heavy atom. The van der Waals surface area contributed by atoms with Crippen LogP contribution in [0.25, 0.3) is 0 Å². The summed E-state index contributed by atoms with van der Waals surface area (Å²) >= 11 is 1.76. The fourth-order valence-corrected chi connectivity index (χ4v) is 2.73. The van der Waals surface area contributed by atoms with Crippen LogP contribution in [0.3, 0.4) is 0 Å². The lowest BCUT2D eigenvalue weighted by atomic mass is 10.1. The maximum absolute atomic E-state index is 8.74. The van der Waals surface area contributed by atoms with Crippen LogP contribution in [0.5, 0.6) is 5.75 Å². The van der Waals surface area contributed by atoms with Crippen LogP contribution in [-0.2, 0) is 13.0 Å². The van der Waals surface area contributed by atoms with Gasteiger partial charge in [0, 0.05) is 29.1 Å². The zero-order valence-electron chi connectivity index (χ0n) is 11.9. The zero-order valence-corrected chi connectivity index (χ0v) is 12.7. The van der Waals surface area contributed by atoms with Gasteiger partial charge in [-0.05, 0) is 36.1 Å². The molecule has 0 saturated carbocycles. The van der Waals surface area contributed by atoms with E-state index in [-0.39, 0.29) is 5.84 Å². The normalized spacial score (nSPS) is 11.6. The van der Waals surface area contributed by atoms with Crippen molar-refractivity contribution in [2.24, 2.45) is 10.9 Å². The molecule has 2 rings (SSSR count). The first-order chi connectivity index (χ1) is 10.2. The van der Waals surface area contributed by atoms with Gasteiger partial charge >= 0.3 is 0 Å². The molecule has 0 bridgehead atoms. The molecular formula is C15H19N3O2S. The minimum absolute atomic E-state index is 0.0949. The topological polar surface area (TPSA) is 79.9 Å². The molecule has 0 unspecified atom stereocenters. The van der Waals surface area contributed by atoms with Gasteiger partial charge in [0.1, 0.15) is 5.75 Å². The van der Waals surface area contributed by atoms with Gasteiger partial charge in [-0.25, -0.2) is 0 Å². The summed E-state index contributed by atoms with van der Waals surface area (Å²) in [6, 6.07) is 9.65. The van der Waals surface area contributed by atoms with Crippen LogP contribution in [0, 0.1) is 0 Å². The Morgan fingerprint density at radius 2 is 2.29 bits per heavy atom. The Morgan fingerprint density at radius 1 is 1.43 bits per heavy atom. The lowest BCUT2D eigenvalue weighted by molar-refractivity contribution is 0.318. The van der Waals surface area contributed by atoms with Crippen LogP contribution in [-0.4, -0.2) is 24.7 Å². The van der Waals surface area contributed by atoms with E-state index in [9.17, 15) is 0 Å². The van der Waals surface area contributed by atoms with Crippen LogP contribution in [0.2, 0.25) is 0 Å². The summed E-state index contributed by atoms with van der Waals surface area (Å²) in [6.45, 7) is 1.55. The van der Waals surface area contributed by atoms with E-state index in [0.29, 0.717) is 12.1 Å². The highest BCUT2D eigenvalue weighted by atomic mass is 32.1. The van der Waals surface area contributed by atoms with Crippen LogP contribution in [0.4, 0.5) is 0 Å². The number of thiophene rings is 1. The molecule has 1 heterocycles.